The summed E-state index contributed by atoms with van der Waals surface area (Å²) in [6.45, 7) is 3.26. The molecular weight excluding hydrogens is 155 g/mol. The van der Waals surface area contributed by atoms with E-state index in [2.05, 4.69) is 6.58 Å². The molecule has 0 rings (SSSR count). The van der Waals surface area contributed by atoms with Gasteiger partial charge in [-0.25, -0.2) is 0 Å². The molecule has 0 heterocycles. The Morgan fingerprint density at radius 1 is 1.45 bits per heavy atom. The molecule has 11 heavy (non-hydrogen) atoms. The standard InChI is InChI=1S/C7H8F3N/c1-2-3-4-6(5-11)7(8,9)10/h2,4-5,11H,1,3H2/b6-4+,11-5?. The molecule has 0 aliphatic carbocycles. The molecule has 0 aromatic carbocycles. The van der Waals surface area contributed by atoms with Crippen molar-refractivity contribution in [2.24, 2.45) is 0 Å². The highest BCUT2D eigenvalue weighted by Crippen LogP contribution is 2.23. The predicted octanol–water partition coefficient (Wildman–Crippen LogP) is 2.70. The lowest BCUT2D eigenvalue weighted by Crippen LogP contribution is -2.12. The van der Waals surface area contributed by atoms with Crippen LogP contribution in [0.5, 0.6) is 0 Å². The van der Waals surface area contributed by atoms with Crippen LogP contribution >= 0.6 is 0 Å². The third kappa shape index (κ3) is 3.60. The first-order valence-corrected chi connectivity index (χ1v) is 2.91. The largest absolute Gasteiger partial charge is 0.417 e. The van der Waals surface area contributed by atoms with Gasteiger partial charge in [-0.15, -0.1) is 6.58 Å². The summed E-state index contributed by atoms with van der Waals surface area (Å²) < 4.78 is 35.4. The van der Waals surface area contributed by atoms with Gasteiger partial charge in [-0.1, -0.05) is 12.2 Å². The van der Waals surface area contributed by atoms with E-state index in [0.717, 1.165) is 6.08 Å². The van der Waals surface area contributed by atoms with Crippen molar-refractivity contribution < 1.29 is 13.2 Å². The molecule has 0 amide bonds. The average molecular weight is 163 g/mol. The Labute approximate surface area is 62.7 Å². The van der Waals surface area contributed by atoms with E-state index in [0.29, 0.717) is 6.21 Å². The lowest BCUT2D eigenvalue weighted by Gasteiger charge is -2.04. The zero-order valence-corrected chi connectivity index (χ0v) is 5.78. The fourth-order valence-electron chi connectivity index (χ4n) is 0.467. The van der Waals surface area contributed by atoms with E-state index < -0.39 is 11.7 Å². The zero-order chi connectivity index (χ0) is 8.91. The summed E-state index contributed by atoms with van der Waals surface area (Å²) >= 11 is 0. The van der Waals surface area contributed by atoms with Crippen molar-refractivity contribution in [2.75, 3.05) is 0 Å². The molecule has 0 aromatic rings. The van der Waals surface area contributed by atoms with Crippen LogP contribution in [0.1, 0.15) is 6.42 Å². The molecule has 0 spiro atoms. The molecule has 1 nitrogen and oxygen atoms in total. The summed E-state index contributed by atoms with van der Waals surface area (Å²) in [6, 6.07) is 0. The maximum atomic E-state index is 11.8. The van der Waals surface area contributed by atoms with Crippen molar-refractivity contribution in [3.63, 3.8) is 0 Å². The van der Waals surface area contributed by atoms with Crippen molar-refractivity contribution >= 4 is 6.21 Å². The van der Waals surface area contributed by atoms with Crippen LogP contribution in [-0.2, 0) is 0 Å². The molecule has 0 aliphatic rings. The van der Waals surface area contributed by atoms with Gasteiger partial charge in [0.05, 0.1) is 5.57 Å². The van der Waals surface area contributed by atoms with Crippen LogP contribution in [-0.4, -0.2) is 12.4 Å². The second-order valence-electron chi connectivity index (χ2n) is 1.83. The van der Waals surface area contributed by atoms with Crippen molar-refractivity contribution in [3.8, 4) is 0 Å². The van der Waals surface area contributed by atoms with Gasteiger partial charge in [-0.2, -0.15) is 13.2 Å². The maximum Gasteiger partial charge on any atom is 0.417 e. The Bertz CT molecular complexity index is 179. The van der Waals surface area contributed by atoms with E-state index in [9.17, 15) is 13.2 Å². The van der Waals surface area contributed by atoms with Crippen LogP contribution in [0.4, 0.5) is 13.2 Å². The van der Waals surface area contributed by atoms with Gasteiger partial charge in [-0.05, 0) is 6.42 Å². The summed E-state index contributed by atoms with van der Waals surface area (Å²) in [5.41, 5.74) is -0.933. The minimum Gasteiger partial charge on any atom is -0.308 e. The van der Waals surface area contributed by atoms with E-state index in [4.69, 9.17) is 5.41 Å². The van der Waals surface area contributed by atoms with Crippen molar-refractivity contribution in [1.29, 1.82) is 5.41 Å². The van der Waals surface area contributed by atoms with Crippen LogP contribution < -0.4 is 0 Å². The zero-order valence-electron chi connectivity index (χ0n) is 5.78. The minimum atomic E-state index is -4.41. The molecule has 0 bridgehead atoms. The Morgan fingerprint density at radius 3 is 2.27 bits per heavy atom. The smallest absolute Gasteiger partial charge is 0.308 e. The number of rotatable bonds is 3. The topological polar surface area (TPSA) is 23.9 Å². The summed E-state index contributed by atoms with van der Waals surface area (Å²) in [5.74, 6) is 0. The maximum absolute atomic E-state index is 11.8. The average Bonchev–Trinajstić information content (AvgIpc) is 1.87. The van der Waals surface area contributed by atoms with E-state index >= 15 is 0 Å². The predicted molar refractivity (Wildman–Crippen MR) is 37.7 cm³/mol. The summed E-state index contributed by atoms with van der Waals surface area (Å²) in [4.78, 5) is 0. The lowest BCUT2D eigenvalue weighted by molar-refractivity contribution is -0.0858. The highest BCUT2D eigenvalue weighted by Gasteiger charge is 2.31. The number of alkyl halides is 3. The first-order valence-electron chi connectivity index (χ1n) is 2.91. The van der Waals surface area contributed by atoms with E-state index in [-0.39, 0.29) is 6.42 Å². The van der Waals surface area contributed by atoms with Crippen molar-refractivity contribution in [1.82, 2.24) is 0 Å². The monoisotopic (exact) mass is 163 g/mol. The second-order valence-corrected chi connectivity index (χ2v) is 1.83. The Kier molecular flexibility index (Phi) is 3.57. The van der Waals surface area contributed by atoms with Crippen molar-refractivity contribution in [3.05, 3.63) is 24.3 Å². The highest BCUT2D eigenvalue weighted by molar-refractivity contribution is 5.77. The van der Waals surface area contributed by atoms with Crippen LogP contribution in [0, 0.1) is 5.41 Å². The molecular formula is C7H8F3N. The third-order valence-electron chi connectivity index (χ3n) is 0.987. The second kappa shape index (κ2) is 3.95. The lowest BCUT2D eigenvalue weighted by atomic mass is 10.2. The van der Waals surface area contributed by atoms with Gasteiger partial charge in [0.1, 0.15) is 0 Å². The molecule has 0 atom stereocenters. The van der Waals surface area contributed by atoms with Crippen molar-refractivity contribution in [2.45, 2.75) is 12.6 Å². The van der Waals surface area contributed by atoms with Crippen LogP contribution in [0.15, 0.2) is 24.3 Å². The van der Waals surface area contributed by atoms with Gasteiger partial charge in [-0.3, -0.25) is 0 Å². The quantitative estimate of drug-likeness (QED) is 0.488. The normalized spacial score (nSPS) is 12.8. The Hall–Kier alpha value is -1.06. The van der Waals surface area contributed by atoms with Crippen LogP contribution in [0.25, 0.3) is 0 Å². The fourth-order valence-corrected chi connectivity index (χ4v) is 0.467. The molecule has 4 heteroatoms. The van der Waals surface area contributed by atoms with E-state index in [1.54, 1.807) is 0 Å². The number of hydrogen-bond donors (Lipinski definition) is 1. The SMILES string of the molecule is C=CC/C=C(\C=N)C(F)(F)F. The fraction of sp³-hybridized carbons (Fsp3) is 0.286. The molecule has 0 unspecified atom stereocenters. The van der Waals surface area contributed by atoms with Gasteiger partial charge in [0.25, 0.3) is 0 Å². The summed E-state index contributed by atoms with van der Waals surface area (Å²) in [7, 11) is 0. The molecule has 0 aromatic heterocycles. The molecule has 0 aliphatic heterocycles. The van der Waals surface area contributed by atoms with Gasteiger partial charge in [0.15, 0.2) is 0 Å². The van der Waals surface area contributed by atoms with Gasteiger partial charge in [0.2, 0.25) is 0 Å². The molecule has 0 fully saturated rings. The molecule has 0 saturated heterocycles. The highest BCUT2D eigenvalue weighted by atomic mass is 19.4. The Balaban J connectivity index is 4.39. The molecule has 0 saturated carbocycles. The summed E-state index contributed by atoms with van der Waals surface area (Å²) in [6.07, 6.45) is -1.73. The van der Waals surface area contributed by atoms with Gasteiger partial charge < -0.3 is 5.41 Å². The van der Waals surface area contributed by atoms with Gasteiger partial charge in [0, 0.05) is 6.21 Å². The van der Waals surface area contributed by atoms with Crippen LogP contribution in [0.3, 0.4) is 0 Å². The summed E-state index contributed by atoms with van der Waals surface area (Å²) in [5, 5.41) is 6.45. The van der Waals surface area contributed by atoms with Crippen LogP contribution in [0.2, 0.25) is 0 Å². The number of nitrogens with one attached hydrogen (secondary N) is 1. The molecule has 0 radical (unpaired) electrons. The number of allylic oxidation sites excluding steroid dienone is 3. The number of halogens is 3. The molecule has 62 valence electrons. The van der Waals surface area contributed by atoms with Gasteiger partial charge >= 0.3 is 6.18 Å². The Morgan fingerprint density at radius 2 is 2.00 bits per heavy atom. The minimum absolute atomic E-state index is 0.129. The van der Waals surface area contributed by atoms with E-state index in [1.165, 1.54) is 6.08 Å². The first kappa shape index (κ1) is 9.94. The number of hydrogen-bond acceptors (Lipinski definition) is 1. The third-order valence-corrected chi connectivity index (χ3v) is 0.987. The first-order chi connectivity index (χ1) is 5.02. The van der Waals surface area contributed by atoms with E-state index in [1.807, 2.05) is 0 Å². The molecule has 1 N–H and O–H groups in total.